The summed E-state index contributed by atoms with van der Waals surface area (Å²) in [6, 6.07) is 1.29. The zero-order chi connectivity index (χ0) is 20.3. The van der Waals surface area contributed by atoms with Crippen LogP contribution in [-0.4, -0.2) is 61.8 Å². The maximum atomic E-state index is 10.7. The SMILES string of the molecule is C[C@H]([C@H]1CC[C@H]2[C@@H]3CC=C4C[C@@H](N(C)C)CC[C@]4(C)[C@H]3CC[C@]12CO)N(C)C. The highest BCUT2D eigenvalue weighted by Gasteiger charge is 2.61. The van der Waals surface area contributed by atoms with Crippen LogP contribution in [0.25, 0.3) is 0 Å². The van der Waals surface area contributed by atoms with Gasteiger partial charge in [-0.25, -0.2) is 0 Å². The fraction of sp³-hybridized carbons (Fsp3) is 0.920. The predicted molar refractivity (Wildman–Crippen MR) is 117 cm³/mol. The molecule has 28 heavy (non-hydrogen) atoms. The third-order valence-corrected chi connectivity index (χ3v) is 10.3. The van der Waals surface area contributed by atoms with E-state index in [2.05, 4.69) is 57.9 Å². The van der Waals surface area contributed by atoms with E-state index in [-0.39, 0.29) is 5.41 Å². The summed E-state index contributed by atoms with van der Waals surface area (Å²) < 4.78 is 0. The number of rotatable bonds is 4. The highest BCUT2D eigenvalue weighted by molar-refractivity contribution is 5.26. The molecule has 3 fully saturated rings. The standard InChI is InChI=1S/C25H44N2O/c1-17(26(3)4)21-9-10-23-20-8-7-18-15-19(27(5)6)11-13-24(18,2)22(20)12-14-25(21,23)16-28/h7,17,19-23,28H,8-16H2,1-6H3/t17-,19+,20-,21-,22+,23+,24+,25+/m1/s1. The number of aliphatic hydroxyl groups is 1. The highest BCUT2D eigenvalue weighted by atomic mass is 16.3. The first-order valence-electron chi connectivity index (χ1n) is 11.9. The van der Waals surface area contributed by atoms with Crippen LogP contribution in [0, 0.1) is 34.5 Å². The van der Waals surface area contributed by atoms with Crippen molar-refractivity contribution in [1.82, 2.24) is 9.80 Å². The summed E-state index contributed by atoms with van der Waals surface area (Å²) in [4.78, 5) is 4.83. The van der Waals surface area contributed by atoms with E-state index in [4.69, 9.17) is 0 Å². The van der Waals surface area contributed by atoms with Crippen molar-refractivity contribution in [3.8, 4) is 0 Å². The molecule has 0 aliphatic heterocycles. The van der Waals surface area contributed by atoms with Crippen LogP contribution in [0.15, 0.2) is 11.6 Å². The lowest BCUT2D eigenvalue weighted by molar-refractivity contribution is -0.0892. The summed E-state index contributed by atoms with van der Waals surface area (Å²) in [7, 11) is 8.93. The van der Waals surface area contributed by atoms with E-state index in [9.17, 15) is 5.11 Å². The lowest BCUT2D eigenvalue weighted by Gasteiger charge is -2.59. The fourth-order valence-corrected chi connectivity index (χ4v) is 8.33. The summed E-state index contributed by atoms with van der Waals surface area (Å²) in [6.07, 6.45) is 13.1. The van der Waals surface area contributed by atoms with Crippen LogP contribution in [0.1, 0.15) is 65.2 Å². The topological polar surface area (TPSA) is 26.7 Å². The Morgan fingerprint density at radius 2 is 1.82 bits per heavy atom. The zero-order valence-corrected chi connectivity index (χ0v) is 19.2. The van der Waals surface area contributed by atoms with Gasteiger partial charge in [0.1, 0.15) is 0 Å². The van der Waals surface area contributed by atoms with Gasteiger partial charge in [0.15, 0.2) is 0 Å². The first-order chi connectivity index (χ1) is 13.2. The van der Waals surface area contributed by atoms with E-state index >= 15 is 0 Å². The van der Waals surface area contributed by atoms with E-state index < -0.39 is 0 Å². The fourth-order valence-electron chi connectivity index (χ4n) is 8.33. The number of allylic oxidation sites excluding steroid dienone is 1. The van der Waals surface area contributed by atoms with Gasteiger partial charge < -0.3 is 14.9 Å². The third-order valence-electron chi connectivity index (χ3n) is 10.3. The molecule has 0 aromatic carbocycles. The van der Waals surface area contributed by atoms with Gasteiger partial charge in [-0.1, -0.05) is 18.6 Å². The molecule has 0 radical (unpaired) electrons. The van der Waals surface area contributed by atoms with Gasteiger partial charge in [0.2, 0.25) is 0 Å². The van der Waals surface area contributed by atoms with Crippen molar-refractivity contribution in [1.29, 1.82) is 0 Å². The minimum Gasteiger partial charge on any atom is -0.396 e. The van der Waals surface area contributed by atoms with Gasteiger partial charge in [-0.3, -0.25) is 0 Å². The number of hydrogen-bond donors (Lipinski definition) is 1. The molecular formula is C25H44N2O. The summed E-state index contributed by atoms with van der Waals surface area (Å²) in [6.45, 7) is 5.39. The zero-order valence-electron chi connectivity index (χ0n) is 19.2. The van der Waals surface area contributed by atoms with Gasteiger partial charge in [-0.15, -0.1) is 0 Å². The van der Waals surface area contributed by atoms with Crippen molar-refractivity contribution in [2.45, 2.75) is 77.3 Å². The molecule has 0 saturated heterocycles. The molecule has 0 spiro atoms. The van der Waals surface area contributed by atoms with Crippen molar-refractivity contribution >= 4 is 0 Å². The van der Waals surface area contributed by atoms with Crippen LogP contribution in [0.2, 0.25) is 0 Å². The lowest BCUT2D eigenvalue weighted by atomic mass is 9.46. The minimum atomic E-state index is 0.174. The third kappa shape index (κ3) is 2.94. The Labute approximate surface area is 173 Å². The lowest BCUT2D eigenvalue weighted by Crippen LogP contribution is -2.54. The average Bonchev–Trinajstić information content (AvgIpc) is 3.06. The molecule has 4 aliphatic rings. The van der Waals surface area contributed by atoms with Gasteiger partial charge >= 0.3 is 0 Å². The van der Waals surface area contributed by atoms with E-state index in [1.807, 2.05) is 0 Å². The predicted octanol–water partition coefficient (Wildman–Crippen LogP) is 4.42. The Bertz CT molecular complexity index is 614. The van der Waals surface area contributed by atoms with Crippen molar-refractivity contribution < 1.29 is 5.11 Å². The number of hydrogen-bond acceptors (Lipinski definition) is 3. The Morgan fingerprint density at radius 1 is 1.07 bits per heavy atom. The van der Waals surface area contributed by atoms with Crippen LogP contribution in [0.3, 0.4) is 0 Å². The molecule has 4 rings (SSSR count). The van der Waals surface area contributed by atoms with Crippen molar-refractivity contribution in [3.63, 3.8) is 0 Å². The number of aliphatic hydroxyl groups excluding tert-OH is 1. The second kappa shape index (κ2) is 7.39. The Morgan fingerprint density at radius 3 is 2.46 bits per heavy atom. The molecule has 3 heteroatoms. The molecule has 0 aromatic rings. The van der Waals surface area contributed by atoms with Gasteiger partial charge in [0.05, 0.1) is 0 Å². The molecule has 1 N–H and O–H groups in total. The highest BCUT2D eigenvalue weighted by Crippen LogP contribution is 2.66. The Hall–Kier alpha value is -0.380. The maximum Gasteiger partial charge on any atom is 0.0493 e. The molecule has 3 nitrogen and oxygen atoms in total. The minimum absolute atomic E-state index is 0.174. The molecule has 8 atom stereocenters. The summed E-state index contributed by atoms with van der Waals surface area (Å²) in [5.74, 6) is 3.02. The van der Waals surface area contributed by atoms with Crippen molar-refractivity contribution in [2.75, 3.05) is 34.8 Å². The smallest absolute Gasteiger partial charge is 0.0493 e. The van der Waals surface area contributed by atoms with E-state index in [1.165, 1.54) is 51.4 Å². The van der Waals surface area contributed by atoms with E-state index in [0.29, 0.717) is 24.0 Å². The average molecular weight is 389 g/mol. The maximum absolute atomic E-state index is 10.7. The van der Waals surface area contributed by atoms with Gasteiger partial charge in [-0.2, -0.15) is 0 Å². The molecule has 160 valence electrons. The first kappa shape index (κ1) is 20.9. The molecule has 3 saturated carbocycles. The van der Waals surface area contributed by atoms with Crippen LogP contribution >= 0.6 is 0 Å². The first-order valence-corrected chi connectivity index (χ1v) is 11.9. The molecule has 0 amide bonds. The largest absolute Gasteiger partial charge is 0.396 e. The normalized spacial score (nSPS) is 46.8. The number of fused-ring (bicyclic) bond motifs is 5. The van der Waals surface area contributed by atoms with Gasteiger partial charge in [0.25, 0.3) is 0 Å². The second-order valence-corrected chi connectivity index (χ2v) is 11.4. The van der Waals surface area contributed by atoms with E-state index in [1.54, 1.807) is 5.57 Å². The second-order valence-electron chi connectivity index (χ2n) is 11.4. The Kier molecular flexibility index (Phi) is 5.51. The van der Waals surface area contributed by atoms with Crippen LogP contribution in [0.5, 0.6) is 0 Å². The van der Waals surface area contributed by atoms with Gasteiger partial charge in [-0.05, 0) is 116 Å². The summed E-state index contributed by atoms with van der Waals surface area (Å²) in [5, 5.41) is 10.7. The van der Waals surface area contributed by atoms with Crippen LogP contribution in [-0.2, 0) is 0 Å². The van der Waals surface area contributed by atoms with Crippen molar-refractivity contribution in [2.24, 2.45) is 34.5 Å². The number of nitrogens with zero attached hydrogens (tertiary/aromatic N) is 2. The quantitative estimate of drug-likeness (QED) is 0.722. The molecule has 0 aromatic heterocycles. The van der Waals surface area contributed by atoms with E-state index in [0.717, 1.165) is 23.8 Å². The molecule has 0 heterocycles. The van der Waals surface area contributed by atoms with Crippen molar-refractivity contribution in [3.05, 3.63) is 11.6 Å². The monoisotopic (exact) mass is 388 g/mol. The van der Waals surface area contributed by atoms with Crippen LogP contribution < -0.4 is 0 Å². The Balaban J connectivity index is 1.62. The molecule has 0 bridgehead atoms. The van der Waals surface area contributed by atoms with Gasteiger partial charge in [0, 0.05) is 24.1 Å². The molecule has 4 aliphatic carbocycles. The van der Waals surface area contributed by atoms with Crippen LogP contribution in [0.4, 0.5) is 0 Å². The summed E-state index contributed by atoms with van der Waals surface area (Å²) in [5.41, 5.74) is 2.36. The molecular weight excluding hydrogens is 344 g/mol. The summed E-state index contributed by atoms with van der Waals surface area (Å²) >= 11 is 0. The molecule has 0 unspecified atom stereocenters.